The molecule has 0 saturated heterocycles. The molecule has 0 bridgehead atoms. The number of aromatic nitrogens is 2. The molecule has 0 radical (unpaired) electrons. The van der Waals surface area contributed by atoms with E-state index in [0.29, 0.717) is 22.3 Å². The van der Waals surface area contributed by atoms with Crippen molar-refractivity contribution in [2.45, 2.75) is 12.8 Å². The van der Waals surface area contributed by atoms with Crippen molar-refractivity contribution in [2.75, 3.05) is 13.6 Å². The Bertz CT molecular complexity index is 510. The lowest BCUT2D eigenvalue weighted by molar-refractivity contribution is 0.491. The van der Waals surface area contributed by atoms with Crippen LogP contribution in [0.25, 0.3) is 11.5 Å². The predicted octanol–water partition coefficient (Wildman–Crippen LogP) is 2.79. The fourth-order valence-electron chi connectivity index (χ4n) is 1.57. The van der Waals surface area contributed by atoms with E-state index in [1.54, 1.807) is 12.1 Å². The Hall–Kier alpha value is -1.27. The molecule has 4 nitrogen and oxygen atoms in total. The summed E-state index contributed by atoms with van der Waals surface area (Å²) in [6.07, 6.45) is 1.58. The molecule has 0 atom stereocenters. The molecule has 0 spiro atoms. The lowest BCUT2D eigenvalue weighted by atomic mass is 10.2. The van der Waals surface area contributed by atoms with E-state index in [1.807, 2.05) is 7.05 Å². The fraction of sp³-hybridized carbons (Fsp3) is 0.333. The van der Waals surface area contributed by atoms with E-state index in [9.17, 15) is 4.39 Å². The third-order valence-electron chi connectivity index (χ3n) is 2.46. The van der Waals surface area contributed by atoms with Crippen LogP contribution in [0.1, 0.15) is 12.3 Å². The van der Waals surface area contributed by atoms with Crippen LogP contribution >= 0.6 is 15.9 Å². The Morgan fingerprint density at radius 3 is 2.94 bits per heavy atom. The van der Waals surface area contributed by atoms with Crippen LogP contribution in [-0.4, -0.2) is 23.8 Å². The van der Waals surface area contributed by atoms with Gasteiger partial charge in [0.05, 0.1) is 5.56 Å². The van der Waals surface area contributed by atoms with Gasteiger partial charge < -0.3 is 9.73 Å². The van der Waals surface area contributed by atoms with Crippen molar-refractivity contribution >= 4 is 15.9 Å². The van der Waals surface area contributed by atoms with Gasteiger partial charge in [-0.25, -0.2) is 4.39 Å². The molecule has 6 heteroatoms. The zero-order valence-corrected chi connectivity index (χ0v) is 11.5. The average molecular weight is 314 g/mol. The van der Waals surface area contributed by atoms with Crippen LogP contribution in [0.3, 0.4) is 0 Å². The van der Waals surface area contributed by atoms with Crippen LogP contribution in [0.2, 0.25) is 0 Å². The van der Waals surface area contributed by atoms with E-state index in [0.717, 1.165) is 13.0 Å². The maximum absolute atomic E-state index is 13.7. The minimum absolute atomic E-state index is 0.208. The second kappa shape index (κ2) is 6.06. The van der Waals surface area contributed by atoms with Gasteiger partial charge in [0, 0.05) is 10.9 Å². The van der Waals surface area contributed by atoms with E-state index < -0.39 is 0 Å². The van der Waals surface area contributed by atoms with Gasteiger partial charge >= 0.3 is 0 Å². The molecule has 0 aliphatic rings. The van der Waals surface area contributed by atoms with Gasteiger partial charge in [-0.05, 0) is 48.1 Å². The lowest BCUT2D eigenvalue weighted by Gasteiger charge is -2.00. The predicted molar refractivity (Wildman–Crippen MR) is 69.6 cm³/mol. The smallest absolute Gasteiger partial charge is 0.251 e. The van der Waals surface area contributed by atoms with Crippen LogP contribution in [0.4, 0.5) is 4.39 Å². The van der Waals surface area contributed by atoms with Crippen LogP contribution in [0.15, 0.2) is 27.1 Å². The van der Waals surface area contributed by atoms with Gasteiger partial charge in [-0.15, -0.1) is 10.2 Å². The molecule has 1 aromatic heterocycles. The van der Waals surface area contributed by atoms with Crippen molar-refractivity contribution < 1.29 is 8.81 Å². The monoisotopic (exact) mass is 313 g/mol. The number of halogens is 2. The standard InChI is InChI=1S/C12H13BrFN3O/c1-15-7-3-6-10-16-17-12(18-10)11-8(13)4-2-5-9(11)14/h2,4-5,15H,3,6-7H2,1H3. The summed E-state index contributed by atoms with van der Waals surface area (Å²) in [5, 5.41) is 10.8. The van der Waals surface area contributed by atoms with Crippen molar-refractivity contribution in [3.8, 4) is 11.5 Å². The van der Waals surface area contributed by atoms with Crippen molar-refractivity contribution in [1.29, 1.82) is 0 Å². The molecular weight excluding hydrogens is 301 g/mol. The Labute approximate surface area is 113 Å². The summed E-state index contributed by atoms with van der Waals surface area (Å²) in [5.41, 5.74) is 0.310. The SMILES string of the molecule is CNCCCc1nnc(-c2c(F)cccc2Br)o1. The summed E-state index contributed by atoms with van der Waals surface area (Å²) in [5.74, 6) is 0.352. The highest BCUT2D eigenvalue weighted by atomic mass is 79.9. The molecule has 0 aliphatic carbocycles. The molecule has 0 fully saturated rings. The maximum atomic E-state index is 13.7. The second-order valence-electron chi connectivity index (χ2n) is 3.80. The first-order valence-corrected chi connectivity index (χ1v) is 6.43. The van der Waals surface area contributed by atoms with Gasteiger partial charge in [-0.2, -0.15) is 0 Å². The molecule has 1 N–H and O–H groups in total. The van der Waals surface area contributed by atoms with Crippen molar-refractivity contribution in [3.63, 3.8) is 0 Å². The van der Waals surface area contributed by atoms with Crippen LogP contribution < -0.4 is 5.32 Å². The molecule has 18 heavy (non-hydrogen) atoms. The zero-order valence-electron chi connectivity index (χ0n) is 9.91. The van der Waals surface area contributed by atoms with E-state index in [4.69, 9.17) is 4.42 Å². The Balaban J connectivity index is 2.19. The summed E-state index contributed by atoms with van der Waals surface area (Å²) >= 11 is 3.28. The van der Waals surface area contributed by atoms with Crippen molar-refractivity contribution in [1.82, 2.24) is 15.5 Å². The summed E-state index contributed by atoms with van der Waals surface area (Å²) in [4.78, 5) is 0. The lowest BCUT2D eigenvalue weighted by Crippen LogP contribution is -2.08. The molecule has 0 amide bonds. The van der Waals surface area contributed by atoms with Gasteiger partial charge in [0.1, 0.15) is 5.82 Å². The topological polar surface area (TPSA) is 51.0 Å². The summed E-state index contributed by atoms with van der Waals surface area (Å²) < 4.78 is 19.7. The van der Waals surface area contributed by atoms with Gasteiger partial charge in [-0.1, -0.05) is 6.07 Å². The van der Waals surface area contributed by atoms with Gasteiger partial charge in [0.25, 0.3) is 5.89 Å². The molecule has 0 aliphatic heterocycles. The van der Waals surface area contributed by atoms with Gasteiger partial charge in [-0.3, -0.25) is 0 Å². The minimum atomic E-state index is -0.380. The Morgan fingerprint density at radius 2 is 2.22 bits per heavy atom. The maximum Gasteiger partial charge on any atom is 0.251 e. The van der Waals surface area contributed by atoms with E-state index in [1.165, 1.54) is 6.07 Å². The average Bonchev–Trinajstić information content (AvgIpc) is 2.78. The summed E-state index contributed by atoms with van der Waals surface area (Å²) in [6.45, 7) is 0.876. The van der Waals surface area contributed by atoms with Crippen molar-refractivity contribution in [2.24, 2.45) is 0 Å². The number of rotatable bonds is 5. The molecule has 1 heterocycles. The zero-order chi connectivity index (χ0) is 13.0. The van der Waals surface area contributed by atoms with Crippen LogP contribution in [0.5, 0.6) is 0 Å². The minimum Gasteiger partial charge on any atom is -0.421 e. The third-order valence-corrected chi connectivity index (χ3v) is 3.12. The fourth-order valence-corrected chi connectivity index (χ4v) is 2.09. The third kappa shape index (κ3) is 2.94. The van der Waals surface area contributed by atoms with Gasteiger partial charge in [0.15, 0.2) is 0 Å². The molecule has 2 rings (SSSR count). The van der Waals surface area contributed by atoms with Gasteiger partial charge in [0.2, 0.25) is 5.89 Å². The molecule has 96 valence electrons. The number of nitrogens with zero attached hydrogens (tertiary/aromatic N) is 2. The second-order valence-corrected chi connectivity index (χ2v) is 4.66. The van der Waals surface area contributed by atoms with E-state index in [-0.39, 0.29) is 11.7 Å². The highest BCUT2D eigenvalue weighted by Gasteiger charge is 2.15. The number of aryl methyl sites for hydroxylation is 1. The highest BCUT2D eigenvalue weighted by molar-refractivity contribution is 9.10. The molecule has 0 saturated carbocycles. The highest BCUT2D eigenvalue weighted by Crippen LogP contribution is 2.29. The number of nitrogens with one attached hydrogen (secondary N) is 1. The Kier molecular flexibility index (Phi) is 4.43. The first kappa shape index (κ1) is 13.2. The normalized spacial score (nSPS) is 10.8. The quantitative estimate of drug-likeness (QED) is 0.862. The number of hydrogen-bond donors (Lipinski definition) is 1. The molecule has 1 aromatic carbocycles. The first-order chi connectivity index (χ1) is 8.72. The van der Waals surface area contributed by atoms with Crippen LogP contribution in [0, 0.1) is 5.82 Å². The number of hydrogen-bond acceptors (Lipinski definition) is 4. The molecular formula is C12H13BrFN3O. The Morgan fingerprint density at radius 1 is 1.39 bits per heavy atom. The summed E-state index contributed by atoms with van der Waals surface area (Å²) in [7, 11) is 1.88. The largest absolute Gasteiger partial charge is 0.421 e. The first-order valence-electron chi connectivity index (χ1n) is 5.63. The van der Waals surface area contributed by atoms with E-state index >= 15 is 0 Å². The summed E-state index contributed by atoms with van der Waals surface area (Å²) in [6, 6.07) is 4.72. The number of benzene rings is 1. The molecule has 0 unspecified atom stereocenters. The van der Waals surface area contributed by atoms with E-state index in [2.05, 4.69) is 31.4 Å². The molecule has 2 aromatic rings. The van der Waals surface area contributed by atoms with Crippen LogP contribution in [-0.2, 0) is 6.42 Å². The van der Waals surface area contributed by atoms with Crippen molar-refractivity contribution in [3.05, 3.63) is 34.4 Å².